The van der Waals surface area contributed by atoms with Crippen LogP contribution in [0.15, 0.2) is 12.7 Å². The lowest BCUT2D eigenvalue weighted by Crippen LogP contribution is -2.25. The predicted molar refractivity (Wildman–Crippen MR) is 58.0 cm³/mol. The summed E-state index contributed by atoms with van der Waals surface area (Å²) in [4.78, 5) is 0. The van der Waals surface area contributed by atoms with Crippen LogP contribution in [0.3, 0.4) is 0 Å². The quantitative estimate of drug-likeness (QED) is 0.440. The Morgan fingerprint density at radius 3 is 2.77 bits per heavy atom. The molecule has 0 radical (unpaired) electrons. The van der Waals surface area contributed by atoms with Gasteiger partial charge < -0.3 is 10.1 Å². The highest BCUT2D eigenvalue weighted by atomic mass is 16.5. The summed E-state index contributed by atoms with van der Waals surface area (Å²) >= 11 is 0. The molecule has 2 nitrogen and oxygen atoms in total. The zero-order valence-electron chi connectivity index (χ0n) is 9.01. The van der Waals surface area contributed by atoms with Crippen LogP contribution in [0.2, 0.25) is 0 Å². The fraction of sp³-hybridized carbons (Fsp3) is 0.818. The van der Waals surface area contributed by atoms with Crippen molar-refractivity contribution in [3.8, 4) is 0 Å². The van der Waals surface area contributed by atoms with Crippen molar-refractivity contribution in [1.82, 2.24) is 5.32 Å². The van der Waals surface area contributed by atoms with E-state index in [-0.39, 0.29) is 0 Å². The number of hydrogen-bond donors (Lipinski definition) is 1. The smallest absolute Gasteiger partial charge is 0.0466 e. The summed E-state index contributed by atoms with van der Waals surface area (Å²) in [5.74, 6) is 0. The van der Waals surface area contributed by atoms with Crippen LogP contribution in [-0.2, 0) is 4.74 Å². The predicted octanol–water partition coefficient (Wildman–Crippen LogP) is 2.36. The van der Waals surface area contributed by atoms with Gasteiger partial charge in [-0.15, -0.1) is 6.58 Å². The van der Waals surface area contributed by atoms with Gasteiger partial charge in [-0.25, -0.2) is 0 Å². The van der Waals surface area contributed by atoms with Crippen LogP contribution in [0.1, 0.15) is 32.6 Å². The lowest BCUT2D eigenvalue weighted by molar-refractivity contribution is 0.140. The van der Waals surface area contributed by atoms with Gasteiger partial charge in [-0.05, 0) is 39.7 Å². The normalized spacial score (nSPS) is 12.8. The maximum atomic E-state index is 5.28. The number of allylic oxidation sites excluding steroid dienone is 1. The molecule has 78 valence electrons. The maximum absolute atomic E-state index is 5.28. The van der Waals surface area contributed by atoms with Gasteiger partial charge in [0, 0.05) is 19.3 Å². The van der Waals surface area contributed by atoms with Crippen LogP contribution in [-0.4, -0.2) is 26.3 Å². The Bertz CT molecular complexity index is 115. The van der Waals surface area contributed by atoms with E-state index < -0.39 is 0 Å². The molecule has 0 heterocycles. The third kappa shape index (κ3) is 8.00. The lowest BCUT2D eigenvalue weighted by atomic mass is 10.1. The molecule has 0 bridgehead atoms. The lowest BCUT2D eigenvalue weighted by Gasteiger charge is -2.14. The molecule has 0 aromatic heterocycles. The van der Waals surface area contributed by atoms with Crippen molar-refractivity contribution < 1.29 is 4.74 Å². The second-order valence-electron chi connectivity index (χ2n) is 3.19. The molecule has 0 aliphatic heterocycles. The minimum absolute atomic E-state index is 0.624. The first-order valence-corrected chi connectivity index (χ1v) is 5.21. The molecule has 0 spiro atoms. The van der Waals surface area contributed by atoms with Crippen molar-refractivity contribution in [2.75, 3.05) is 20.3 Å². The Morgan fingerprint density at radius 2 is 2.23 bits per heavy atom. The minimum atomic E-state index is 0.624. The molecule has 0 saturated carbocycles. The highest BCUT2D eigenvalue weighted by Crippen LogP contribution is 2.04. The van der Waals surface area contributed by atoms with E-state index in [1.54, 1.807) is 0 Å². The largest absolute Gasteiger partial charge is 0.382 e. The second kappa shape index (κ2) is 9.75. The van der Waals surface area contributed by atoms with E-state index in [1.165, 1.54) is 12.8 Å². The number of ether oxygens (including phenoxy) is 1. The average molecular weight is 185 g/mol. The molecule has 0 aromatic carbocycles. The molecule has 1 atom stereocenters. The summed E-state index contributed by atoms with van der Waals surface area (Å²) in [6.07, 6.45) is 6.61. The van der Waals surface area contributed by atoms with Gasteiger partial charge in [-0.2, -0.15) is 0 Å². The fourth-order valence-corrected chi connectivity index (χ4v) is 1.33. The summed E-state index contributed by atoms with van der Waals surface area (Å²) in [7, 11) is 2.02. The van der Waals surface area contributed by atoms with Crippen molar-refractivity contribution in [3.63, 3.8) is 0 Å². The molecule has 0 amide bonds. The highest BCUT2D eigenvalue weighted by Gasteiger charge is 2.03. The Kier molecular flexibility index (Phi) is 9.49. The molecule has 13 heavy (non-hydrogen) atoms. The average Bonchev–Trinajstić information content (AvgIpc) is 2.17. The monoisotopic (exact) mass is 185 g/mol. The van der Waals surface area contributed by atoms with Gasteiger partial charge in [0.2, 0.25) is 0 Å². The Morgan fingerprint density at radius 1 is 1.46 bits per heavy atom. The molecule has 1 unspecified atom stereocenters. The van der Waals surface area contributed by atoms with Crippen LogP contribution in [0.5, 0.6) is 0 Å². The third-order valence-corrected chi connectivity index (χ3v) is 2.17. The van der Waals surface area contributed by atoms with E-state index in [0.717, 1.165) is 26.1 Å². The van der Waals surface area contributed by atoms with Crippen molar-refractivity contribution in [3.05, 3.63) is 12.7 Å². The van der Waals surface area contributed by atoms with Crippen molar-refractivity contribution in [2.45, 2.75) is 38.6 Å². The van der Waals surface area contributed by atoms with Crippen LogP contribution in [0.25, 0.3) is 0 Å². The first-order chi connectivity index (χ1) is 6.35. The van der Waals surface area contributed by atoms with Crippen LogP contribution in [0, 0.1) is 0 Å². The van der Waals surface area contributed by atoms with Gasteiger partial charge in [0.25, 0.3) is 0 Å². The molecule has 0 saturated heterocycles. The first-order valence-electron chi connectivity index (χ1n) is 5.21. The van der Waals surface area contributed by atoms with E-state index in [0.29, 0.717) is 6.04 Å². The SMILES string of the molecule is C=CCCC(CCCOCC)NC. The molecular formula is C11H23NO. The Hall–Kier alpha value is -0.340. The van der Waals surface area contributed by atoms with Crippen LogP contribution < -0.4 is 5.32 Å². The minimum Gasteiger partial charge on any atom is -0.382 e. The zero-order valence-corrected chi connectivity index (χ0v) is 9.01. The van der Waals surface area contributed by atoms with E-state index in [2.05, 4.69) is 11.9 Å². The summed E-state index contributed by atoms with van der Waals surface area (Å²) in [5, 5.41) is 3.31. The number of hydrogen-bond acceptors (Lipinski definition) is 2. The van der Waals surface area contributed by atoms with Gasteiger partial charge in [0.1, 0.15) is 0 Å². The molecular weight excluding hydrogens is 162 g/mol. The van der Waals surface area contributed by atoms with Crippen molar-refractivity contribution in [1.29, 1.82) is 0 Å². The van der Waals surface area contributed by atoms with E-state index in [1.807, 2.05) is 20.0 Å². The third-order valence-electron chi connectivity index (χ3n) is 2.17. The topological polar surface area (TPSA) is 21.3 Å². The van der Waals surface area contributed by atoms with Gasteiger partial charge in [0.15, 0.2) is 0 Å². The Balaban J connectivity index is 3.30. The molecule has 2 heteroatoms. The van der Waals surface area contributed by atoms with Crippen molar-refractivity contribution in [2.24, 2.45) is 0 Å². The van der Waals surface area contributed by atoms with Gasteiger partial charge in [-0.3, -0.25) is 0 Å². The Labute approximate surface area is 82.4 Å². The van der Waals surface area contributed by atoms with Gasteiger partial charge in [-0.1, -0.05) is 6.08 Å². The fourth-order valence-electron chi connectivity index (χ4n) is 1.33. The number of rotatable bonds is 9. The second-order valence-corrected chi connectivity index (χ2v) is 3.19. The van der Waals surface area contributed by atoms with Gasteiger partial charge >= 0.3 is 0 Å². The van der Waals surface area contributed by atoms with E-state index >= 15 is 0 Å². The summed E-state index contributed by atoms with van der Waals surface area (Å²) < 4.78 is 5.28. The molecule has 1 N–H and O–H groups in total. The molecule has 0 aliphatic carbocycles. The number of nitrogens with one attached hydrogen (secondary N) is 1. The van der Waals surface area contributed by atoms with E-state index in [9.17, 15) is 0 Å². The van der Waals surface area contributed by atoms with E-state index in [4.69, 9.17) is 4.74 Å². The summed E-state index contributed by atoms with van der Waals surface area (Å²) in [6.45, 7) is 7.48. The van der Waals surface area contributed by atoms with Gasteiger partial charge in [0.05, 0.1) is 0 Å². The zero-order chi connectivity index (χ0) is 9.94. The highest BCUT2D eigenvalue weighted by molar-refractivity contribution is 4.72. The molecule has 0 aromatic rings. The molecule has 0 aliphatic rings. The first kappa shape index (κ1) is 12.7. The standard InChI is InChI=1S/C11H23NO/c1-4-6-8-11(12-3)9-7-10-13-5-2/h4,11-12H,1,5-10H2,2-3H3. The van der Waals surface area contributed by atoms with Crippen LogP contribution in [0.4, 0.5) is 0 Å². The summed E-state index contributed by atoms with van der Waals surface area (Å²) in [6, 6.07) is 0.624. The maximum Gasteiger partial charge on any atom is 0.0466 e. The van der Waals surface area contributed by atoms with Crippen LogP contribution >= 0.6 is 0 Å². The molecule has 0 rings (SSSR count). The summed E-state index contributed by atoms with van der Waals surface area (Å²) in [5.41, 5.74) is 0. The molecule has 0 fully saturated rings. The van der Waals surface area contributed by atoms with Crippen molar-refractivity contribution >= 4 is 0 Å².